The highest BCUT2D eigenvalue weighted by Gasteiger charge is 2.17. The Morgan fingerprint density at radius 2 is 1.14 bits per heavy atom. The summed E-state index contributed by atoms with van der Waals surface area (Å²) in [7, 11) is 10.7. The van der Waals surface area contributed by atoms with Gasteiger partial charge in [-0.2, -0.15) is 0 Å². The van der Waals surface area contributed by atoms with Gasteiger partial charge in [0, 0.05) is 0 Å². The fourth-order valence-corrected chi connectivity index (χ4v) is 3.02. The van der Waals surface area contributed by atoms with E-state index in [1.165, 1.54) is 70.2 Å². The van der Waals surface area contributed by atoms with Crippen molar-refractivity contribution < 1.29 is 4.58 Å². The first-order valence-electron chi connectivity index (χ1n) is 8.93. The van der Waals surface area contributed by atoms with Gasteiger partial charge in [0.15, 0.2) is 0 Å². The van der Waals surface area contributed by atoms with E-state index in [0.29, 0.717) is 0 Å². The third-order valence-corrected chi connectivity index (χ3v) is 3.99. The molecule has 126 valence electrons. The Balaban J connectivity index is 3.56. The van der Waals surface area contributed by atoms with Crippen LogP contribution in [0.15, 0.2) is 0 Å². The molecule has 0 amide bonds. The normalized spacial score (nSPS) is 10.6. The van der Waals surface area contributed by atoms with Crippen LogP contribution in [-0.2, 0) is 0 Å². The summed E-state index contributed by atoms with van der Waals surface area (Å²) in [6.07, 6.45) is 14.0. The van der Waals surface area contributed by atoms with E-state index in [4.69, 9.17) is 0 Å². The zero-order valence-electron chi connectivity index (χ0n) is 15.6. The number of hydrogen-bond donors (Lipinski definition) is 0. The van der Waals surface area contributed by atoms with Crippen LogP contribution in [0.25, 0.3) is 0 Å². The standard InChI is InChI=1S/C18H40N3/c1-7-8-9-10-11-12-13-14-15-16-17-21(6)18(19(2)3)20(4)5/h7-17H2,1-6H3/q+1. The van der Waals surface area contributed by atoms with Gasteiger partial charge in [-0.25, -0.2) is 0 Å². The molecule has 0 spiro atoms. The van der Waals surface area contributed by atoms with Crippen molar-refractivity contribution in [2.24, 2.45) is 0 Å². The molecule has 0 unspecified atom stereocenters. The van der Waals surface area contributed by atoms with Gasteiger partial charge in [0.1, 0.15) is 0 Å². The van der Waals surface area contributed by atoms with Crippen LogP contribution in [-0.4, -0.2) is 62.1 Å². The predicted molar refractivity (Wildman–Crippen MR) is 95.3 cm³/mol. The van der Waals surface area contributed by atoms with Crippen molar-refractivity contribution in [2.75, 3.05) is 41.8 Å². The van der Waals surface area contributed by atoms with Crippen molar-refractivity contribution >= 4 is 5.96 Å². The second-order valence-electron chi connectivity index (χ2n) is 6.69. The number of rotatable bonds is 11. The topological polar surface area (TPSA) is 9.49 Å². The Hall–Kier alpha value is -0.730. The van der Waals surface area contributed by atoms with E-state index in [9.17, 15) is 0 Å². The quantitative estimate of drug-likeness (QED) is 0.246. The van der Waals surface area contributed by atoms with Crippen LogP contribution in [0.4, 0.5) is 0 Å². The second-order valence-corrected chi connectivity index (χ2v) is 6.69. The van der Waals surface area contributed by atoms with Crippen molar-refractivity contribution in [3.63, 3.8) is 0 Å². The third-order valence-electron chi connectivity index (χ3n) is 3.99. The Morgan fingerprint density at radius 1 is 0.714 bits per heavy atom. The van der Waals surface area contributed by atoms with Gasteiger partial charge in [-0.15, -0.1) is 0 Å². The van der Waals surface area contributed by atoms with E-state index in [1.807, 2.05) is 0 Å². The lowest BCUT2D eigenvalue weighted by Crippen LogP contribution is -2.43. The van der Waals surface area contributed by atoms with Crippen LogP contribution in [0, 0.1) is 0 Å². The molecule has 0 N–H and O–H groups in total. The van der Waals surface area contributed by atoms with E-state index in [1.54, 1.807) is 0 Å². The van der Waals surface area contributed by atoms with Gasteiger partial charge in [0.25, 0.3) is 0 Å². The van der Waals surface area contributed by atoms with Gasteiger partial charge < -0.3 is 0 Å². The summed E-state index contributed by atoms with van der Waals surface area (Å²) in [4.78, 5) is 4.56. The molecule has 0 bridgehead atoms. The molecule has 3 heteroatoms. The molecular weight excluding hydrogens is 258 g/mol. The number of guanidine groups is 1. The molecule has 0 aromatic heterocycles. The Morgan fingerprint density at radius 3 is 1.52 bits per heavy atom. The van der Waals surface area contributed by atoms with Gasteiger partial charge in [-0.1, -0.05) is 64.7 Å². The summed E-state index contributed by atoms with van der Waals surface area (Å²) in [5.74, 6) is 1.28. The molecule has 0 saturated heterocycles. The van der Waals surface area contributed by atoms with Crippen molar-refractivity contribution in [1.82, 2.24) is 9.80 Å². The summed E-state index contributed by atoms with van der Waals surface area (Å²) < 4.78 is 2.19. The van der Waals surface area contributed by atoms with Gasteiger partial charge in [-0.05, 0) is 6.42 Å². The molecule has 0 atom stereocenters. The molecule has 0 radical (unpaired) electrons. The molecule has 21 heavy (non-hydrogen) atoms. The Kier molecular flexibility index (Phi) is 12.5. The van der Waals surface area contributed by atoms with E-state index in [2.05, 4.69) is 56.5 Å². The molecule has 0 aromatic rings. The maximum Gasteiger partial charge on any atom is 0.349 e. The molecule has 0 saturated carbocycles. The Labute approximate surface area is 134 Å². The summed E-state index contributed by atoms with van der Waals surface area (Å²) in [5.41, 5.74) is 0. The van der Waals surface area contributed by atoms with Crippen molar-refractivity contribution in [3.8, 4) is 0 Å². The van der Waals surface area contributed by atoms with Crippen LogP contribution < -0.4 is 0 Å². The van der Waals surface area contributed by atoms with E-state index in [0.717, 1.165) is 6.54 Å². The van der Waals surface area contributed by atoms with Crippen LogP contribution in [0.5, 0.6) is 0 Å². The lowest BCUT2D eigenvalue weighted by atomic mass is 10.1. The van der Waals surface area contributed by atoms with Crippen LogP contribution in [0.1, 0.15) is 71.1 Å². The molecule has 0 aromatic carbocycles. The molecular formula is C18H40N3+. The maximum atomic E-state index is 2.37. The molecule has 0 aliphatic rings. The maximum absolute atomic E-state index is 2.37. The predicted octanol–water partition coefficient (Wildman–Crippen LogP) is 4.03. The SMILES string of the molecule is CCCCCCCCCCCCN(C)C(N(C)C)=[N+](C)C. The smallest absolute Gasteiger partial charge is 0.270 e. The van der Waals surface area contributed by atoms with E-state index >= 15 is 0 Å². The fourth-order valence-electron chi connectivity index (χ4n) is 3.02. The zero-order valence-corrected chi connectivity index (χ0v) is 15.6. The first kappa shape index (κ1) is 20.3. The highest BCUT2D eigenvalue weighted by molar-refractivity contribution is 5.74. The summed E-state index contributed by atoms with van der Waals surface area (Å²) in [5, 5.41) is 0. The third kappa shape index (κ3) is 10.6. The van der Waals surface area contributed by atoms with E-state index in [-0.39, 0.29) is 0 Å². The molecule has 0 heterocycles. The van der Waals surface area contributed by atoms with E-state index < -0.39 is 0 Å². The highest BCUT2D eigenvalue weighted by atomic mass is 15.4. The monoisotopic (exact) mass is 298 g/mol. The molecule has 3 nitrogen and oxygen atoms in total. The average Bonchev–Trinajstić information content (AvgIpc) is 2.40. The van der Waals surface area contributed by atoms with Crippen LogP contribution in [0.3, 0.4) is 0 Å². The number of unbranched alkanes of at least 4 members (excludes halogenated alkanes) is 9. The Bertz CT molecular complexity index is 268. The zero-order chi connectivity index (χ0) is 16.1. The van der Waals surface area contributed by atoms with Gasteiger partial charge in [-0.3, -0.25) is 14.4 Å². The fraction of sp³-hybridized carbons (Fsp3) is 0.944. The summed E-state index contributed by atoms with van der Waals surface area (Å²) in [6, 6.07) is 0. The summed E-state index contributed by atoms with van der Waals surface area (Å²) in [6.45, 7) is 3.44. The number of hydrogen-bond acceptors (Lipinski definition) is 0. The molecule has 0 fully saturated rings. The van der Waals surface area contributed by atoms with Crippen molar-refractivity contribution in [1.29, 1.82) is 0 Å². The van der Waals surface area contributed by atoms with Crippen molar-refractivity contribution in [2.45, 2.75) is 71.1 Å². The van der Waals surface area contributed by atoms with Crippen molar-refractivity contribution in [3.05, 3.63) is 0 Å². The van der Waals surface area contributed by atoms with Crippen LogP contribution in [0.2, 0.25) is 0 Å². The first-order valence-corrected chi connectivity index (χ1v) is 8.93. The first-order chi connectivity index (χ1) is 10.0. The second kappa shape index (κ2) is 13.0. The lowest BCUT2D eigenvalue weighted by Gasteiger charge is -2.21. The average molecular weight is 299 g/mol. The lowest BCUT2D eigenvalue weighted by molar-refractivity contribution is -0.475. The van der Waals surface area contributed by atoms with Gasteiger partial charge in [0.2, 0.25) is 0 Å². The minimum Gasteiger partial charge on any atom is -0.270 e. The molecule has 0 aliphatic carbocycles. The largest absolute Gasteiger partial charge is 0.349 e. The molecule has 0 aliphatic heterocycles. The minimum atomic E-state index is 1.15. The van der Waals surface area contributed by atoms with Crippen LogP contribution >= 0.6 is 0 Å². The number of nitrogens with zero attached hydrogens (tertiary/aromatic N) is 3. The van der Waals surface area contributed by atoms with Gasteiger partial charge >= 0.3 is 5.96 Å². The van der Waals surface area contributed by atoms with Gasteiger partial charge in [0.05, 0.1) is 41.8 Å². The minimum absolute atomic E-state index is 1.15. The molecule has 0 rings (SSSR count). The summed E-state index contributed by atoms with van der Waals surface area (Å²) >= 11 is 0. The highest BCUT2D eigenvalue weighted by Crippen LogP contribution is 2.10.